The minimum absolute atomic E-state index is 0.318. The summed E-state index contributed by atoms with van der Waals surface area (Å²) < 4.78 is 14.9. The molecule has 3 aromatic carbocycles. The van der Waals surface area contributed by atoms with Crippen molar-refractivity contribution in [3.8, 4) is 5.69 Å². The molecule has 2 amide bonds. The van der Waals surface area contributed by atoms with Crippen molar-refractivity contribution in [1.29, 1.82) is 0 Å². The minimum atomic E-state index is -0.415. The number of hydrogen-bond donors (Lipinski definition) is 2. The number of rotatable bonds is 5. The number of amides is 2. The minimum Gasteiger partial charge on any atom is -0.322 e. The molecule has 0 spiro atoms. The van der Waals surface area contributed by atoms with Crippen LogP contribution in [0.3, 0.4) is 0 Å². The fraction of sp³-hybridized carbons (Fsp3) is 0.0800. The van der Waals surface area contributed by atoms with Crippen molar-refractivity contribution in [3.05, 3.63) is 107 Å². The Morgan fingerprint density at radius 3 is 2.22 bits per heavy atom. The van der Waals surface area contributed by atoms with Crippen LogP contribution in [0.5, 0.6) is 0 Å². The van der Waals surface area contributed by atoms with Gasteiger partial charge in [-0.25, -0.2) is 9.07 Å². The van der Waals surface area contributed by atoms with Crippen molar-refractivity contribution in [2.24, 2.45) is 0 Å². The van der Waals surface area contributed by atoms with E-state index in [1.165, 1.54) is 24.3 Å². The Kier molecular flexibility index (Phi) is 5.81. The number of halogens is 1. The Labute approximate surface area is 184 Å². The van der Waals surface area contributed by atoms with E-state index < -0.39 is 11.7 Å². The highest BCUT2D eigenvalue weighted by atomic mass is 19.1. The fourth-order valence-corrected chi connectivity index (χ4v) is 3.37. The van der Waals surface area contributed by atoms with Gasteiger partial charge in [0.05, 0.1) is 22.8 Å². The maximum Gasteiger partial charge on any atom is 0.255 e. The molecule has 0 bridgehead atoms. The van der Waals surface area contributed by atoms with Gasteiger partial charge in [0.1, 0.15) is 5.82 Å². The van der Waals surface area contributed by atoms with Crippen molar-refractivity contribution >= 4 is 23.2 Å². The van der Waals surface area contributed by atoms with Crippen LogP contribution >= 0.6 is 0 Å². The number of anilines is 2. The molecule has 0 atom stereocenters. The molecule has 0 radical (unpaired) electrons. The fourth-order valence-electron chi connectivity index (χ4n) is 3.37. The van der Waals surface area contributed by atoms with E-state index in [1.54, 1.807) is 28.9 Å². The Hall–Kier alpha value is -4.26. The molecule has 2 N–H and O–H groups in total. The molecule has 7 heteroatoms. The van der Waals surface area contributed by atoms with Crippen LogP contribution in [0.1, 0.15) is 32.1 Å². The summed E-state index contributed by atoms with van der Waals surface area (Å²) in [4.78, 5) is 25.3. The topological polar surface area (TPSA) is 76.0 Å². The Balaban J connectivity index is 1.52. The Morgan fingerprint density at radius 2 is 1.50 bits per heavy atom. The van der Waals surface area contributed by atoms with Crippen molar-refractivity contribution in [2.75, 3.05) is 10.6 Å². The zero-order valence-electron chi connectivity index (χ0n) is 17.6. The molecule has 4 aromatic rings. The smallest absolute Gasteiger partial charge is 0.255 e. The van der Waals surface area contributed by atoms with Gasteiger partial charge in [-0.1, -0.05) is 24.3 Å². The SMILES string of the molecule is Cc1nn(-c2ccccc2)c(C)c1NC(=O)c1cccc(NC(=O)c2ccc(F)cc2)c1. The maximum absolute atomic E-state index is 13.1. The first-order valence-electron chi connectivity index (χ1n) is 10.0. The maximum atomic E-state index is 13.1. The summed E-state index contributed by atoms with van der Waals surface area (Å²) in [5, 5.41) is 10.2. The normalized spacial score (nSPS) is 10.6. The predicted molar refractivity (Wildman–Crippen MR) is 122 cm³/mol. The van der Waals surface area contributed by atoms with Crippen LogP contribution in [0.15, 0.2) is 78.9 Å². The van der Waals surface area contributed by atoms with E-state index in [0.717, 1.165) is 11.4 Å². The summed E-state index contributed by atoms with van der Waals surface area (Å²) in [6.45, 7) is 3.73. The standard InChI is InChI=1S/C25H21FN4O2/c1-16-23(17(2)30(29-16)22-9-4-3-5-10-22)28-25(32)19-7-6-8-21(15-19)27-24(31)18-11-13-20(26)14-12-18/h3-15H,1-2H3,(H,27,31)(H,28,32). The van der Waals surface area contributed by atoms with E-state index in [4.69, 9.17) is 0 Å². The lowest BCUT2D eigenvalue weighted by molar-refractivity contribution is 0.101. The molecule has 1 heterocycles. The number of nitrogens with zero attached hydrogens (tertiary/aromatic N) is 2. The molecular weight excluding hydrogens is 407 g/mol. The third-order valence-electron chi connectivity index (χ3n) is 5.02. The Morgan fingerprint density at radius 1 is 0.812 bits per heavy atom. The molecule has 32 heavy (non-hydrogen) atoms. The first kappa shape index (κ1) is 21.0. The summed E-state index contributed by atoms with van der Waals surface area (Å²) in [6, 6.07) is 21.5. The highest BCUT2D eigenvalue weighted by Gasteiger charge is 2.17. The second kappa shape index (κ2) is 8.85. The van der Waals surface area contributed by atoms with Gasteiger partial charge < -0.3 is 10.6 Å². The molecule has 0 unspecified atom stereocenters. The van der Waals surface area contributed by atoms with Gasteiger partial charge >= 0.3 is 0 Å². The molecular formula is C25H21FN4O2. The lowest BCUT2D eigenvalue weighted by atomic mass is 10.1. The molecule has 0 aliphatic rings. The highest BCUT2D eigenvalue weighted by molar-refractivity contribution is 6.07. The second-order valence-electron chi connectivity index (χ2n) is 7.29. The molecule has 0 aliphatic carbocycles. The lowest BCUT2D eigenvalue weighted by Gasteiger charge is -2.09. The van der Waals surface area contributed by atoms with E-state index >= 15 is 0 Å². The van der Waals surface area contributed by atoms with Gasteiger partial charge in [-0.2, -0.15) is 5.10 Å². The number of carbonyl (C=O) groups excluding carboxylic acids is 2. The van der Waals surface area contributed by atoms with Gasteiger partial charge in [-0.15, -0.1) is 0 Å². The van der Waals surface area contributed by atoms with Crippen molar-refractivity contribution in [3.63, 3.8) is 0 Å². The van der Waals surface area contributed by atoms with Gasteiger partial charge in [0.25, 0.3) is 11.8 Å². The third kappa shape index (κ3) is 4.41. The average Bonchev–Trinajstić information content (AvgIpc) is 3.08. The summed E-state index contributed by atoms with van der Waals surface area (Å²) in [5.41, 5.74) is 4.20. The molecule has 0 fully saturated rings. The summed E-state index contributed by atoms with van der Waals surface area (Å²) in [5.74, 6) is -1.12. The van der Waals surface area contributed by atoms with Gasteiger partial charge in [0, 0.05) is 16.8 Å². The zero-order valence-corrected chi connectivity index (χ0v) is 17.6. The van der Waals surface area contributed by atoms with Gasteiger partial charge in [0.15, 0.2) is 0 Å². The second-order valence-corrected chi connectivity index (χ2v) is 7.29. The van der Waals surface area contributed by atoms with Gasteiger partial charge in [0.2, 0.25) is 0 Å². The number of nitrogens with one attached hydrogen (secondary N) is 2. The summed E-state index contributed by atoms with van der Waals surface area (Å²) >= 11 is 0. The lowest BCUT2D eigenvalue weighted by Crippen LogP contribution is -2.15. The van der Waals surface area contributed by atoms with Gasteiger partial charge in [-0.3, -0.25) is 9.59 Å². The quantitative estimate of drug-likeness (QED) is 0.463. The van der Waals surface area contributed by atoms with Crippen molar-refractivity contribution in [1.82, 2.24) is 9.78 Å². The monoisotopic (exact) mass is 428 g/mol. The van der Waals surface area contributed by atoms with E-state index in [2.05, 4.69) is 15.7 Å². The van der Waals surface area contributed by atoms with Crippen molar-refractivity contribution < 1.29 is 14.0 Å². The highest BCUT2D eigenvalue weighted by Crippen LogP contribution is 2.24. The van der Waals surface area contributed by atoms with Crippen LogP contribution in [0.25, 0.3) is 5.69 Å². The van der Waals surface area contributed by atoms with Crippen LogP contribution in [0.4, 0.5) is 15.8 Å². The van der Waals surface area contributed by atoms with Gasteiger partial charge in [-0.05, 0) is 68.4 Å². The Bertz CT molecular complexity index is 1280. The molecule has 160 valence electrons. The molecule has 4 rings (SSSR count). The van der Waals surface area contributed by atoms with Crippen LogP contribution in [0, 0.1) is 19.7 Å². The molecule has 0 saturated heterocycles. The third-order valence-corrected chi connectivity index (χ3v) is 5.02. The summed E-state index contributed by atoms with van der Waals surface area (Å²) in [7, 11) is 0. The van der Waals surface area contributed by atoms with Crippen LogP contribution < -0.4 is 10.6 Å². The zero-order chi connectivity index (χ0) is 22.7. The first-order valence-corrected chi connectivity index (χ1v) is 10.0. The molecule has 0 saturated carbocycles. The summed E-state index contributed by atoms with van der Waals surface area (Å²) in [6.07, 6.45) is 0. The van der Waals surface area contributed by atoms with Crippen LogP contribution in [-0.4, -0.2) is 21.6 Å². The number of aromatic nitrogens is 2. The van der Waals surface area contributed by atoms with Crippen LogP contribution in [0.2, 0.25) is 0 Å². The average molecular weight is 428 g/mol. The van der Waals surface area contributed by atoms with E-state index in [1.807, 2.05) is 44.2 Å². The van der Waals surface area contributed by atoms with Crippen LogP contribution in [-0.2, 0) is 0 Å². The number of para-hydroxylation sites is 1. The van der Waals surface area contributed by atoms with E-state index in [-0.39, 0.29) is 5.91 Å². The number of aryl methyl sites for hydroxylation is 1. The first-order chi connectivity index (χ1) is 15.4. The molecule has 1 aromatic heterocycles. The number of hydrogen-bond acceptors (Lipinski definition) is 3. The van der Waals surface area contributed by atoms with E-state index in [9.17, 15) is 14.0 Å². The van der Waals surface area contributed by atoms with E-state index in [0.29, 0.717) is 28.2 Å². The van der Waals surface area contributed by atoms with Crippen molar-refractivity contribution in [2.45, 2.75) is 13.8 Å². The predicted octanol–water partition coefficient (Wildman–Crippen LogP) is 5.13. The number of carbonyl (C=O) groups is 2. The molecule has 0 aliphatic heterocycles. The largest absolute Gasteiger partial charge is 0.322 e. The number of benzene rings is 3. The molecule has 6 nitrogen and oxygen atoms in total.